The summed E-state index contributed by atoms with van der Waals surface area (Å²) in [6.07, 6.45) is 0.915. The summed E-state index contributed by atoms with van der Waals surface area (Å²) in [6, 6.07) is 19.3. The van der Waals surface area contributed by atoms with Gasteiger partial charge in [-0.1, -0.05) is 60.7 Å². The van der Waals surface area contributed by atoms with E-state index in [9.17, 15) is 19.5 Å². The fraction of sp³-hybridized carbons (Fsp3) is 0.208. The fourth-order valence-corrected chi connectivity index (χ4v) is 3.48. The van der Waals surface area contributed by atoms with Gasteiger partial charge in [-0.2, -0.15) is 0 Å². The molecule has 2 aromatic carbocycles. The molecule has 0 saturated heterocycles. The topological polar surface area (TPSA) is 102 Å². The van der Waals surface area contributed by atoms with E-state index < -0.39 is 17.6 Å². The number of pyridine rings is 1. The highest BCUT2D eigenvalue weighted by Gasteiger charge is 2.24. The molecule has 1 aromatic heterocycles. The number of anilines is 1. The molecule has 0 aliphatic heterocycles. The van der Waals surface area contributed by atoms with Crippen molar-refractivity contribution in [3.63, 3.8) is 0 Å². The van der Waals surface area contributed by atoms with Crippen molar-refractivity contribution < 1.29 is 14.7 Å². The van der Waals surface area contributed by atoms with Crippen LogP contribution in [-0.2, 0) is 17.6 Å². The molecule has 3 rings (SSSR count). The molecular weight excluding hydrogens is 380 g/mol. The Bertz CT molecular complexity index is 1110. The Morgan fingerprint density at radius 3 is 2.13 bits per heavy atom. The number of hydrogen-bond donors (Lipinski definition) is 2. The lowest BCUT2D eigenvalue weighted by atomic mass is 10.0. The lowest BCUT2D eigenvalue weighted by Gasteiger charge is -2.19. The maximum atomic E-state index is 13.2. The van der Waals surface area contributed by atoms with Gasteiger partial charge in [-0.15, -0.1) is 0 Å². The number of Topliss-reactive ketones (excluding diaryl/α,β-unsaturated/α-hetero) is 1. The fourth-order valence-electron chi connectivity index (χ4n) is 3.48. The number of aromatic nitrogens is 1. The number of carbonyl (C=O) groups excluding carboxylic acids is 1. The van der Waals surface area contributed by atoms with Gasteiger partial charge in [-0.25, -0.2) is 4.79 Å². The summed E-state index contributed by atoms with van der Waals surface area (Å²) in [5.74, 6) is -1.54. The van der Waals surface area contributed by atoms with Gasteiger partial charge in [-0.3, -0.25) is 14.2 Å². The molecule has 0 fully saturated rings. The first-order chi connectivity index (χ1) is 14.4. The number of ketones is 1. The van der Waals surface area contributed by atoms with E-state index in [2.05, 4.69) is 0 Å². The molecule has 30 heavy (non-hydrogen) atoms. The molecule has 3 N–H and O–H groups in total. The number of nitrogens with zero attached hydrogens (tertiary/aromatic N) is 1. The lowest BCUT2D eigenvalue weighted by molar-refractivity contribution is -0.140. The van der Waals surface area contributed by atoms with Crippen molar-refractivity contribution in [2.45, 2.75) is 32.2 Å². The lowest BCUT2D eigenvalue weighted by Crippen LogP contribution is -2.35. The van der Waals surface area contributed by atoms with Crippen LogP contribution in [0, 0.1) is 0 Å². The van der Waals surface area contributed by atoms with Crippen LogP contribution in [0.1, 0.15) is 46.6 Å². The predicted octanol–water partition coefficient (Wildman–Crippen LogP) is 3.48. The van der Waals surface area contributed by atoms with Gasteiger partial charge in [0.1, 0.15) is 11.6 Å². The zero-order valence-electron chi connectivity index (χ0n) is 16.7. The minimum Gasteiger partial charge on any atom is -0.480 e. The van der Waals surface area contributed by atoms with Crippen LogP contribution in [0.2, 0.25) is 0 Å². The van der Waals surface area contributed by atoms with Crippen LogP contribution in [-0.4, -0.2) is 21.4 Å². The summed E-state index contributed by atoms with van der Waals surface area (Å²) in [7, 11) is 0. The predicted molar refractivity (Wildman–Crippen MR) is 116 cm³/mol. The van der Waals surface area contributed by atoms with E-state index in [-0.39, 0.29) is 23.5 Å². The third kappa shape index (κ3) is 4.66. The van der Waals surface area contributed by atoms with Gasteiger partial charge in [0.05, 0.1) is 0 Å². The van der Waals surface area contributed by atoms with Crippen LogP contribution in [0.25, 0.3) is 0 Å². The first-order valence-corrected chi connectivity index (χ1v) is 9.76. The zero-order chi connectivity index (χ0) is 21.7. The van der Waals surface area contributed by atoms with E-state index in [0.717, 1.165) is 11.1 Å². The third-order valence-electron chi connectivity index (χ3n) is 5.09. The summed E-state index contributed by atoms with van der Waals surface area (Å²) in [5.41, 5.74) is 7.73. The molecule has 6 heteroatoms. The molecular formula is C24H24N2O4. The van der Waals surface area contributed by atoms with Gasteiger partial charge in [-0.05, 0) is 30.5 Å². The van der Waals surface area contributed by atoms with E-state index in [4.69, 9.17) is 5.73 Å². The molecule has 3 aromatic rings. The number of carboxylic acids is 1. The first-order valence-electron chi connectivity index (χ1n) is 9.76. The Labute approximate surface area is 174 Å². The smallest absolute Gasteiger partial charge is 0.326 e. The van der Waals surface area contributed by atoms with Gasteiger partial charge in [0, 0.05) is 24.2 Å². The van der Waals surface area contributed by atoms with Crippen molar-refractivity contribution in [2.75, 3.05) is 5.73 Å². The highest BCUT2D eigenvalue weighted by atomic mass is 16.4. The average Bonchev–Trinajstić information content (AvgIpc) is 2.73. The Balaban J connectivity index is 2.00. The Morgan fingerprint density at radius 2 is 1.57 bits per heavy atom. The Hall–Kier alpha value is -3.67. The second-order valence-electron chi connectivity index (χ2n) is 7.23. The molecule has 1 atom stereocenters. The Kier molecular flexibility index (Phi) is 6.47. The second-order valence-corrected chi connectivity index (χ2v) is 7.23. The summed E-state index contributed by atoms with van der Waals surface area (Å²) >= 11 is 0. The maximum absolute atomic E-state index is 13.2. The SMILES string of the molecule is CC(C(=O)O)n1c(Cc2ccccc2)cc(N)c(C(=O)CCc2ccccc2)c1=O. The van der Waals surface area contributed by atoms with Crippen molar-refractivity contribution in [3.8, 4) is 0 Å². The molecule has 0 spiro atoms. The number of nitrogen functional groups attached to an aromatic ring is 1. The first kappa shape index (κ1) is 21.0. The second kappa shape index (κ2) is 9.22. The number of aliphatic carboxylic acids is 1. The summed E-state index contributed by atoms with van der Waals surface area (Å²) in [4.78, 5) is 37.7. The summed E-state index contributed by atoms with van der Waals surface area (Å²) in [6.45, 7) is 1.42. The van der Waals surface area contributed by atoms with Crippen molar-refractivity contribution in [1.82, 2.24) is 4.57 Å². The van der Waals surface area contributed by atoms with Crippen LogP contribution >= 0.6 is 0 Å². The van der Waals surface area contributed by atoms with Crippen LogP contribution < -0.4 is 11.3 Å². The van der Waals surface area contributed by atoms with E-state index in [1.165, 1.54) is 11.5 Å². The number of rotatable bonds is 8. The number of benzene rings is 2. The molecule has 0 aliphatic carbocycles. The van der Waals surface area contributed by atoms with Crippen molar-refractivity contribution in [3.05, 3.63) is 99.5 Å². The van der Waals surface area contributed by atoms with Gasteiger partial charge < -0.3 is 10.8 Å². The van der Waals surface area contributed by atoms with E-state index >= 15 is 0 Å². The van der Waals surface area contributed by atoms with Gasteiger partial charge in [0.25, 0.3) is 5.56 Å². The normalized spacial score (nSPS) is 11.8. The number of nitrogens with two attached hydrogens (primary N) is 1. The van der Waals surface area contributed by atoms with Gasteiger partial charge in [0.15, 0.2) is 5.78 Å². The van der Waals surface area contributed by atoms with Crippen molar-refractivity contribution in [2.24, 2.45) is 0 Å². The van der Waals surface area contributed by atoms with Crippen molar-refractivity contribution >= 4 is 17.4 Å². The number of aryl methyl sites for hydroxylation is 1. The highest BCUT2D eigenvalue weighted by Crippen LogP contribution is 2.20. The zero-order valence-corrected chi connectivity index (χ0v) is 16.7. The van der Waals surface area contributed by atoms with Gasteiger partial charge in [0.2, 0.25) is 0 Å². The molecule has 0 aliphatic rings. The molecule has 0 amide bonds. The molecule has 1 heterocycles. The minimum absolute atomic E-state index is 0.0813. The third-order valence-corrected chi connectivity index (χ3v) is 5.09. The average molecular weight is 404 g/mol. The minimum atomic E-state index is -1.15. The largest absolute Gasteiger partial charge is 0.480 e. The monoisotopic (exact) mass is 404 g/mol. The molecule has 0 saturated carbocycles. The molecule has 0 bridgehead atoms. The van der Waals surface area contributed by atoms with Crippen LogP contribution in [0.15, 0.2) is 71.5 Å². The van der Waals surface area contributed by atoms with Crippen LogP contribution in [0.4, 0.5) is 5.69 Å². The van der Waals surface area contributed by atoms with Crippen molar-refractivity contribution in [1.29, 1.82) is 0 Å². The van der Waals surface area contributed by atoms with E-state index in [1.807, 2.05) is 60.7 Å². The van der Waals surface area contributed by atoms with Crippen LogP contribution in [0.5, 0.6) is 0 Å². The van der Waals surface area contributed by atoms with E-state index in [0.29, 0.717) is 18.5 Å². The van der Waals surface area contributed by atoms with Crippen LogP contribution in [0.3, 0.4) is 0 Å². The highest BCUT2D eigenvalue weighted by molar-refractivity contribution is 6.00. The standard InChI is InChI=1S/C24H24N2O4/c1-16(24(29)30)26-19(14-18-10-6-3-7-11-18)15-20(25)22(23(26)28)21(27)13-12-17-8-4-2-5-9-17/h2-11,15-16H,12-14,25H2,1H3,(H,29,30). The molecule has 1 unspecified atom stereocenters. The molecule has 154 valence electrons. The molecule has 6 nitrogen and oxygen atoms in total. The van der Waals surface area contributed by atoms with E-state index in [1.54, 1.807) is 6.07 Å². The van der Waals surface area contributed by atoms with Gasteiger partial charge >= 0.3 is 5.97 Å². The molecule has 0 radical (unpaired) electrons. The number of hydrogen-bond acceptors (Lipinski definition) is 4. The summed E-state index contributed by atoms with van der Waals surface area (Å²) in [5, 5.41) is 9.53. The number of carboxylic acid groups (broad SMARTS) is 1. The maximum Gasteiger partial charge on any atom is 0.326 e. The Morgan fingerprint density at radius 1 is 1.00 bits per heavy atom. The number of carbonyl (C=O) groups is 2. The summed E-state index contributed by atoms with van der Waals surface area (Å²) < 4.78 is 1.17. The quantitative estimate of drug-likeness (QED) is 0.560.